The molecule has 1 aliphatic rings. The number of ether oxygens (including phenoxy) is 1. The molecule has 0 saturated carbocycles. The van der Waals surface area contributed by atoms with E-state index in [0.29, 0.717) is 37.6 Å². The van der Waals surface area contributed by atoms with Crippen LogP contribution in [0.25, 0.3) is 0 Å². The van der Waals surface area contributed by atoms with E-state index in [1.807, 2.05) is 54.6 Å². The molecule has 2 aromatic rings. The Morgan fingerprint density at radius 3 is 2.52 bits per heavy atom. The molecule has 2 aromatic carbocycles. The maximum Gasteiger partial charge on any atom is 0.228 e. The van der Waals surface area contributed by atoms with E-state index in [4.69, 9.17) is 10.5 Å². The first kappa shape index (κ1) is 22.7. The van der Waals surface area contributed by atoms with E-state index < -0.39 is 0 Å². The monoisotopic (exact) mass is 417 g/mol. The van der Waals surface area contributed by atoms with Gasteiger partial charge in [0.1, 0.15) is 5.75 Å². The lowest BCUT2D eigenvalue weighted by Crippen LogP contribution is -2.41. The summed E-state index contributed by atoms with van der Waals surface area (Å²) in [5.41, 5.74) is 7.62. The Morgan fingerprint density at radius 2 is 1.83 bits per heavy atom. The van der Waals surface area contributed by atoms with Crippen LogP contribution in [0.3, 0.4) is 0 Å². The summed E-state index contributed by atoms with van der Waals surface area (Å²) in [5.74, 6) is 0.206. The van der Waals surface area contributed by atoms with Gasteiger partial charge in [-0.25, -0.2) is 0 Å². The Hall–Kier alpha value is -2.57. The number of halogens is 1. The first-order chi connectivity index (χ1) is 13.6. The molecule has 1 unspecified atom stereocenters. The maximum absolute atomic E-state index is 13.1. The Kier molecular flexibility index (Phi) is 8.49. The summed E-state index contributed by atoms with van der Waals surface area (Å²) < 4.78 is 5.37. The van der Waals surface area contributed by atoms with Crippen molar-refractivity contribution in [3.05, 3.63) is 60.2 Å². The summed E-state index contributed by atoms with van der Waals surface area (Å²) in [6, 6.07) is 17.4. The summed E-state index contributed by atoms with van der Waals surface area (Å²) in [6.45, 7) is 1.85. The molecule has 1 saturated heterocycles. The average molecular weight is 418 g/mol. The molecular formula is C22H28ClN3O3. The van der Waals surface area contributed by atoms with Gasteiger partial charge < -0.3 is 20.3 Å². The second kappa shape index (κ2) is 10.8. The van der Waals surface area contributed by atoms with Crippen LogP contribution >= 0.6 is 12.4 Å². The molecule has 2 N–H and O–H groups in total. The normalized spacial score (nSPS) is 15.7. The number of carbonyl (C=O) groups is 2. The van der Waals surface area contributed by atoms with E-state index in [0.717, 1.165) is 6.42 Å². The van der Waals surface area contributed by atoms with Gasteiger partial charge in [0.2, 0.25) is 11.8 Å². The third kappa shape index (κ3) is 5.49. The molecule has 0 spiro atoms. The number of para-hydroxylation sites is 2. The summed E-state index contributed by atoms with van der Waals surface area (Å²) in [4.78, 5) is 29.1. The van der Waals surface area contributed by atoms with Crippen LogP contribution in [-0.2, 0) is 16.0 Å². The molecule has 7 heteroatoms. The van der Waals surface area contributed by atoms with Crippen molar-refractivity contribution in [3.8, 4) is 5.75 Å². The zero-order chi connectivity index (χ0) is 19.9. The predicted octanol–water partition coefficient (Wildman–Crippen LogP) is 2.50. The van der Waals surface area contributed by atoms with E-state index >= 15 is 0 Å². The average Bonchev–Trinajstić information content (AvgIpc) is 3.12. The third-order valence-corrected chi connectivity index (χ3v) is 5.07. The number of methoxy groups -OCH3 is 1. The zero-order valence-electron chi connectivity index (χ0n) is 16.6. The summed E-state index contributed by atoms with van der Waals surface area (Å²) in [6.07, 6.45) is 0.979. The minimum Gasteiger partial charge on any atom is -0.495 e. The van der Waals surface area contributed by atoms with E-state index in [9.17, 15) is 9.59 Å². The van der Waals surface area contributed by atoms with Crippen LogP contribution in [0.5, 0.6) is 5.75 Å². The highest BCUT2D eigenvalue weighted by Gasteiger charge is 2.37. The number of hydrogen-bond donors (Lipinski definition) is 1. The van der Waals surface area contributed by atoms with Gasteiger partial charge in [0, 0.05) is 32.6 Å². The summed E-state index contributed by atoms with van der Waals surface area (Å²) >= 11 is 0. The predicted molar refractivity (Wildman–Crippen MR) is 116 cm³/mol. The topological polar surface area (TPSA) is 75.9 Å². The second-order valence-corrected chi connectivity index (χ2v) is 6.93. The van der Waals surface area contributed by atoms with Crippen LogP contribution in [-0.4, -0.2) is 50.0 Å². The SMILES string of the molecule is COc1ccccc1N1CC(C(=O)N(CCN)CCc2ccccc2)CC1=O.Cl. The molecule has 0 aromatic heterocycles. The summed E-state index contributed by atoms with van der Waals surface area (Å²) in [7, 11) is 1.58. The minimum atomic E-state index is -0.361. The van der Waals surface area contributed by atoms with Crippen molar-refractivity contribution in [3.63, 3.8) is 0 Å². The molecule has 1 aliphatic heterocycles. The number of anilines is 1. The molecule has 0 bridgehead atoms. The molecule has 0 aliphatic carbocycles. The van der Waals surface area contributed by atoms with Crippen LogP contribution in [0.2, 0.25) is 0 Å². The first-order valence-corrected chi connectivity index (χ1v) is 9.60. The van der Waals surface area contributed by atoms with Gasteiger partial charge in [-0.3, -0.25) is 9.59 Å². The molecule has 1 heterocycles. The Labute approximate surface area is 178 Å². The highest BCUT2D eigenvalue weighted by molar-refractivity contribution is 6.01. The van der Waals surface area contributed by atoms with E-state index in [1.165, 1.54) is 5.56 Å². The van der Waals surface area contributed by atoms with Gasteiger partial charge >= 0.3 is 0 Å². The number of nitrogens with two attached hydrogens (primary N) is 1. The lowest BCUT2D eigenvalue weighted by Gasteiger charge is -2.25. The van der Waals surface area contributed by atoms with Crippen molar-refractivity contribution in [2.24, 2.45) is 11.7 Å². The highest BCUT2D eigenvalue weighted by Crippen LogP contribution is 2.33. The lowest BCUT2D eigenvalue weighted by atomic mass is 10.1. The first-order valence-electron chi connectivity index (χ1n) is 9.60. The van der Waals surface area contributed by atoms with Gasteiger partial charge in [-0.2, -0.15) is 0 Å². The number of hydrogen-bond acceptors (Lipinski definition) is 4. The Balaban J connectivity index is 0.00000300. The van der Waals surface area contributed by atoms with Gasteiger partial charge in [-0.15, -0.1) is 12.4 Å². The van der Waals surface area contributed by atoms with E-state index in [1.54, 1.807) is 16.9 Å². The molecule has 6 nitrogen and oxygen atoms in total. The molecule has 0 radical (unpaired) electrons. The van der Waals surface area contributed by atoms with Crippen molar-refractivity contribution < 1.29 is 14.3 Å². The smallest absolute Gasteiger partial charge is 0.228 e. The van der Waals surface area contributed by atoms with Gasteiger partial charge in [0.25, 0.3) is 0 Å². The van der Waals surface area contributed by atoms with Crippen LogP contribution < -0.4 is 15.4 Å². The maximum atomic E-state index is 13.1. The van der Waals surface area contributed by atoms with E-state index in [2.05, 4.69) is 0 Å². The van der Waals surface area contributed by atoms with Crippen molar-refractivity contribution >= 4 is 29.9 Å². The molecule has 2 amide bonds. The molecule has 1 atom stereocenters. The molecule has 3 rings (SSSR count). The van der Waals surface area contributed by atoms with Crippen LogP contribution in [0.4, 0.5) is 5.69 Å². The minimum absolute atomic E-state index is 0. The van der Waals surface area contributed by atoms with Crippen molar-refractivity contribution in [1.82, 2.24) is 4.90 Å². The van der Waals surface area contributed by atoms with Crippen LogP contribution in [0.15, 0.2) is 54.6 Å². The quantitative estimate of drug-likeness (QED) is 0.716. The van der Waals surface area contributed by atoms with Gasteiger partial charge in [0.05, 0.1) is 18.7 Å². The van der Waals surface area contributed by atoms with Crippen LogP contribution in [0.1, 0.15) is 12.0 Å². The highest BCUT2D eigenvalue weighted by atomic mass is 35.5. The fraction of sp³-hybridized carbons (Fsp3) is 0.364. The van der Waals surface area contributed by atoms with Crippen molar-refractivity contribution in [2.75, 3.05) is 38.2 Å². The van der Waals surface area contributed by atoms with Gasteiger partial charge in [-0.1, -0.05) is 42.5 Å². The van der Waals surface area contributed by atoms with Crippen molar-refractivity contribution in [1.29, 1.82) is 0 Å². The van der Waals surface area contributed by atoms with Gasteiger partial charge in [0.15, 0.2) is 0 Å². The lowest BCUT2D eigenvalue weighted by molar-refractivity contribution is -0.135. The third-order valence-electron chi connectivity index (χ3n) is 5.07. The Morgan fingerprint density at radius 1 is 1.14 bits per heavy atom. The Bertz CT molecular complexity index is 816. The summed E-state index contributed by atoms with van der Waals surface area (Å²) in [5, 5.41) is 0. The number of rotatable bonds is 8. The van der Waals surface area contributed by atoms with E-state index in [-0.39, 0.29) is 36.6 Å². The molecule has 29 heavy (non-hydrogen) atoms. The fourth-order valence-electron chi connectivity index (χ4n) is 3.61. The van der Waals surface area contributed by atoms with Crippen LogP contribution in [0, 0.1) is 5.92 Å². The number of carbonyl (C=O) groups excluding carboxylic acids is 2. The zero-order valence-corrected chi connectivity index (χ0v) is 17.4. The fourth-order valence-corrected chi connectivity index (χ4v) is 3.61. The molecule has 1 fully saturated rings. The van der Waals surface area contributed by atoms with Crippen molar-refractivity contribution in [2.45, 2.75) is 12.8 Å². The molecular weight excluding hydrogens is 390 g/mol. The standard InChI is InChI=1S/C22H27N3O3.ClH/c1-28-20-10-6-5-9-19(20)25-16-18(15-21(25)26)22(27)24(14-12-23)13-11-17-7-3-2-4-8-17;/h2-10,18H,11-16,23H2,1H3;1H. The largest absolute Gasteiger partial charge is 0.495 e. The second-order valence-electron chi connectivity index (χ2n) is 6.93. The van der Waals surface area contributed by atoms with Gasteiger partial charge in [-0.05, 0) is 24.1 Å². The number of nitrogens with zero attached hydrogens (tertiary/aromatic N) is 2. The number of benzene rings is 2. The number of amides is 2. The molecule has 156 valence electrons.